The molecular weight excluding hydrogens is 326 g/mol. The van der Waals surface area contributed by atoms with Gasteiger partial charge < -0.3 is 5.73 Å². The number of anilines is 2. The summed E-state index contributed by atoms with van der Waals surface area (Å²) in [6, 6.07) is 5.11. The van der Waals surface area contributed by atoms with Crippen molar-refractivity contribution in [3.05, 3.63) is 39.3 Å². The number of hydrogen-bond donors (Lipinski definition) is 2. The van der Waals surface area contributed by atoms with Gasteiger partial charge in [0.25, 0.3) is 5.91 Å². The Kier molecular flexibility index (Phi) is 3.28. The van der Waals surface area contributed by atoms with Crippen LogP contribution in [0.3, 0.4) is 0 Å². The number of amides is 1. The van der Waals surface area contributed by atoms with Crippen molar-refractivity contribution < 1.29 is 4.79 Å². The minimum Gasteiger partial charge on any atom is -0.398 e. The van der Waals surface area contributed by atoms with Crippen LogP contribution in [0.5, 0.6) is 0 Å². The Labute approximate surface area is 123 Å². The monoisotopic (exact) mass is 337 g/mol. The van der Waals surface area contributed by atoms with E-state index < -0.39 is 0 Å². The lowest BCUT2D eigenvalue weighted by Gasteiger charge is -2.04. The van der Waals surface area contributed by atoms with Crippen molar-refractivity contribution in [2.24, 2.45) is 0 Å². The molecule has 0 unspecified atom stereocenters. The first kappa shape index (κ1) is 12.6. The molecule has 1 aliphatic rings. The van der Waals surface area contributed by atoms with Crippen LogP contribution < -0.4 is 11.1 Å². The minimum absolute atomic E-state index is 0.169. The first-order valence-electron chi connectivity index (χ1n) is 5.95. The molecule has 19 heavy (non-hydrogen) atoms. The van der Waals surface area contributed by atoms with Gasteiger partial charge in [0.1, 0.15) is 0 Å². The van der Waals surface area contributed by atoms with E-state index >= 15 is 0 Å². The van der Waals surface area contributed by atoms with Gasteiger partial charge in [0, 0.05) is 27.0 Å². The molecule has 1 amide bonds. The lowest BCUT2D eigenvalue weighted by molar-refractivity contribution is 0.102. The fourth-order valence-electron chi connectivity index (χ4n) is 1.75. The first-order valence-corrected chi connectivity index (χ1v) is 7.62. The smallest absolute Gasteiger partial charge is 0.257 e. The summed E-state index contributed by atoms with van der Waals surface area (Å²) >= 11 is 4.78. The molecule has 4 nitrogen and oxygen atoms in total. The molecule has 1 aromatic heterocycles. The van der Waals surface area contributed by atoms with Gasteiger partial charge in [0.15, 0.2) is 5.13 Å². The highest BCUT2D eigenvalue weighted by Crippen LogP contribution is 2.40. The molecule has 1 aromatic carbocycles. The van der Waals surface area contributed by atoms with Crippen LogP contribution in [0, 0.1) is 0 Å². The predicted molar refractivity (Wildman–Crippen MR) is 80.6 cm³/mol. The summed E-state index contributed by atoms with van der Waals surface area (Å²) in [7, 11) is 0. The van der Waals surface area contributed by atoms with Crippen LogP contribution in [-0.2, 0) is 0 Å². The van der Waals surface area contributed by atoms with E-state index in [2.05, 4.69) is 26.2 Å². The van der Waals surface area contributed by atoms with E-state index in [1.54, 1.807) is 18.2 Å². The molecule has 2 aromatic rings. The fourth-order valence-corrected chi connectivity index (χ4v) is 2.91. The third kappa shape index (κ3) is 2.79. The van der Waals surface area contributed by atoms with E-state index in [1.807, 2.05) is 5.38 Å². The Bertz CT molecular complexity index is 637. The number of halogens is 1. The molecule has 0 aliphatic heterocycles. The van der Waals surface area contributed by atoms with Crippen LogP contribution in [-0.4, -0.2) is 10.9 Å². The molecule has 1 aliphatic carbocycles. The Morgan fingerprint density at radius 1 is 1.47 bits per heavy atom. The van der Waals surface area contributed by atoms with Crippen molar-refractivity contribution in [1.82, 2.24) is 4.98 Å². The number of rotatable bonds is 3. The number of aromatic nitrogens is 1. The van der Waals surface area contributed by atoms with Gasteiger partial charge in [-0.05, 0) is 47.0 Å². The van der Waals surface area contributed by atoms with Crippen molar-refractivity contribution in [3.63, 3.8) is 0 Å². The predicted octanol–water partition coefficient (Wildman–Crippen LogP) is 3.62. The molecule has 0 saturated heterocycles. The number of carbonyl (C=O) groups is 1. The first-order chi connectivity index (χ1) is 9.13. The van der Waals surface area contributed by atoms with E-state index in [0.717, 1.165) is 10.2 Å². The van der Waals surface area contributed by atoms with E-state index in [-0.39, 0.29) is 5.91 Å². The van der Waals surface area contributed by atoms with Crippen molar-refractivity contribution in [2.45, 2.75) is 18.8 Å². The summed E-state index contributed by atoms with van der Waals surface area (Å²) < 4.78 is 0.720. The second-order valence-electron chi connectivity index (χ2n) is 4.54. The van der Waals surface area contributed by atoms with Crippen molar-refractivity contribution >= 4 is 44.0 Å². The second-order valence-corrected chi connectivity index (χ2v) is 6.25. The highest BCUT2D eigenvalue weighted by atomic mass is 79.9. The number of thiazole rings is 1. The summed E-state index contributed by atoms with van der Waals surface area (Å²) in [6.07, 6.45) is 2.42. The highest BCUT2D eigenvalue weighted by Gasteiger charge is 2.26. The zero-order valence-electron chi connectivity index (χ0n) is 10.0. The van der Waals surface area contributed by atoms with E-state index in [9.17, 15) is 4.79 Å². The lowest BCUT2D eigenvalue weighted by Crippen LogP contribution is -2.11. The molecule has 3 rings (SSSR count). The SMILES string of the molecule is Nc1ccc(C(=O)Nc2nc(C3CC3)cs2)cc1Br. The maximum absolute atomic E-state index is 12.1. The van der Waals surface area contributed by atoms with E-state index in [1.165, 1.54) is 24.2 Å². The number of nitrogen functional groups attached to an aromatic ring is 1. The number of benzene rings is 1. The number of carbonyl (C=O) groups excluding carboxylic acids is 1. The normalized spacial score (nSPS) is 14.4. The summed E-state index contributed by atoms with van der Waals surface area (Å²) in [5, 5.41) is 5.49. The van der Waals surface area contributed by atoms with Gasteiger partial charge in [0.2, 0.25) is 0 Å². The molecule has 6 heteroatoms. The van der Waals surface area contributed by atoms with Gasteiger partial charge in [-0.25, -0.2) is 4.98 Å². The zero-order chi connectivity index (χ0) is 13.4. The zero-order valence-corrected chi connectivity index (χ0v) is 12.4. The van der Waals surface area contributed by atoms with E-state index in [0.29, 0.717) is 22.3 Å². The highest BCUT2D eigenvalue weighted by molar-refractivity contribution is 9.10. The summed E-state index contributed by atoms with van der Waals surface area (Å²) in [4.78, 5) is 16.5. The number of nitrogens with zero attached hydrogens (tertiary/aromatic N) is 1. The van der Waals surface area contributed by atoms with Gasteiger partial charge >= 0.3 is 0 Å². The second kappa shape index (κ2) is 4.94. The van der Waals surface area contributed by atoms with E-state index in [4.69, 9.17) is 5.73 Å². The van der Waals surface area contributed by atoms with Gasteiger partial charge in [-0.15, -0.1) is 11.3 Å². The summed E-state index contributed by atoms with van der Waals surface area (Å²) in [5.41, 5.74) is 7.96. The molecular formula is C13H12BrN3OS. The minimum atomic E-state index is -0.169. The molecule has 1 fully saturated rings. The van der Waals surface area contributed by atoms with Gasteiger partial charge in [-0.2, -0.15) is 0 Å². The molecule has 98 valence electrons. The largest absolute Gasteiger partial charge is 0.398 e. The summed E-state index contributed by atoms with van der Waals surface area (Å²) in [6.45, 7) is 0. The average molecular weight is 338 g/mol. The van der Waals surface area contributed by atoms with Crippen LogP contribution in [0.15, 0.2) is 28.1 Å². The average Bonchev–Trinajstić information content (AvgIpc) is 3.14. The fraction of sp³-hybridized carbons (Fsp3) is 0.231. The standard InChI is InChI=1S/C13H12BrN3OS/c14-9-5-8(3-4-10(9)15)12(18)17-13-16-11(6-19-13)7-1-2-7/h3-7H,1-2,15H2,(H,16,17,18). The summed E-state index contributed by atoms with van der Waals surface area (Å²) in [5.74, 6) is 0.435. The maximum atomic E-state index is 12.1. The number of hydrogen-bond acceptors (Lipinski definition) is 4. The van der Waals surface area contributed by atoms with Crippen molar-refractivity contribution in [3.8, 4) is 0 Å². The van der Waals surface area contributed by atoms with Gasteiger partial charge in [0.05, 0.1) is 5.69 Å². The van der Waals surface area contributed by atoms with Crippen LogP contribution >= 0.6 is 27.3 Å². The molecule has 0 radical (unpaired) electrons. The van der Waals surface area contributed by atoms with Gasteiger partial charge in [-0.3, -0.25) is 10.1 Å². The van der Waals surface area contributed by atoms with Crippen molar-refractivity contribution in [2.75, 3.05) is 11.1 Å². The Morgan fingerprint density at radius 3 is 2.95 bits per heavy atom. The van der Waals surface area contributed by atoms with Crippen molar-refractivity contribution in [1.29, 1.82) is 0 Å². The number of nitrogens with one attached hydrogen (secondary N) is 1. The van der Waals surface area contributed by atoms with Crippen LogP contribution in [0.2, 0.25) is 0 Å². The quantitative estimate of drug-likeness (QED) is 0.840. The van der Waals surface area contributed by atoms with Crippen LogP contribution in [0.4, 0.5) is 10.8 Å². The Balaban J connectivity index is 1.74. The molecule has 0 bridgehead atoms. The molecule has 1 saturated carbocycles. The molecule has 1 heterocycles. The van der Waals surface area contributed by atoms with Crippen LogP contribution in [0.1, 0.15) is 34.8 Å². The molecule has 0 atom stereocenters. The molecule has 3 N–H and O–H groups in total. The Morgan fingerprint density at radius 2 is 2.26 bits per heavy atom. The third-order valence-electron chi connectivity index (χ3n) is 3.00. The topological polar surface area (TPSA) is 68.0 Å². The third-order valence-corrected chi connectivity index (χ3v) is 4.46. The van der Waals surface area contributed by atoms with Crippen LogP contribution in [0.25, 0.3) is 0 Å². The Hall–Kier alpha value is -1.40. The van der Waals surface area contributed by atoms with Gasteiger partial charge in [-0.1, -0.05) is 0 Å². The maximum Gasteiger partial charge on any atom is 0.257 e. The number of nitrogens with two attached hydrogens (primary N) is 1. The lowest BCUT2D eigenvalue weighted by atomic mass is 10.2. The molecule has 0 spiro atoms.